The number of ether oxygens (including phenoxy) is 5. The van der Waals surface area contributed by atoms with Crippen molar-refractivity contribution in [3.63, 3.8) is 0 Å². The van der Waals surface area contributed by atoms with Crippen LogP contribution in [-0.4, -0.2) is 123 Å². The third-order valence-corrected chi connectivity index (χ3v) is 9.21. The van der Waals surface area contributed by atoms with Crippen LogP contribution >= 0.6 is 0 Å². The van der Waals surface area contributed by atoms with E-state index in [4.69, 9.17) is 28.8 Å². The van der Waals surface area contributed by atoms with Crippen molar-refractivity contribution in [2.45, 2.75) is 73.3 Å². The summed E-state index contributed by atoms with van der Waals surface area (Å²) in [6.07, 6.45) is -8.40. The van der Waals surface area contributed by atoms with Gasteiger partial charge in [0.05, 0.1) is 24.5 Å². The average molecular weight is 660 g/mol. The van der Waals surface area contributed by atoms with Crippen LogP contribution in [-0.2, 0) is 50.0 Å². The Labute approximate surface area is 267 Å². The van der Waals surface area contributed by atoms with Crippen LogP contribution in [0.25, 0.3) is 0 Å². The molecule has 0 saturated carbocycles. The molecule has 5 rings (SSSR count). The SMILES string of the molecule is C=C=CC(OC(=O)[C@H](CC(=O)OC1=CC[C@@]2(O)[C@H]3Cc4ccc(OC)c5c4[C@@]2(CCN3C)[C@H]1O5)OC(=O)[C@H](O)[C@@H](O)C(=O)O)C(=O)O. The summed E-state index contributed by atoms with van der Waals surface area (Å²) in [6.45, 7) is 3.78. The molecule has 2 aliphatic carbocycles. The second-order valence-corrected chi connectivity index (χ2v) is 11.7. The van der Waals surface area contributed by atoms with Crippen LogP contribution in [0.5, 0.6) is 11.5 Å². The fourth-order valence-electron chi connectivity index (χ4n) is 7.02. The first kappa shape index (κ1) is 33.6. The van der Waals surface area contributed by atoms with Gasteiger partial charge in [0, 0.05) is 24.1 Å². The lowest BCUT2D eigenvalue weighted by Gasteiger charge is -2.61. The molecular formula is C31H33NO15. The number of carboxylic acid groups (broad SMARTS) is 2. The van der Waals surface area contributed by atoms with Crippen molar-refractivity contribution >= 4 is 29.8 Å². The van der Waals surface area contributed by atoms with Crippen molar-refractivity contribution in [2.24, 2.45) is 0 Å². The lowest BCUT2D eigenvalue weighted by molar-refractivity contribution is -0.185. The molecule has 2 heterocycles. The van der Waals surface area contributed by atoms with Crippen LogP contribution in [0.15, 0.2) is 42.4 Å². The van der Waals surface area contributed by atoms with Crippen molar-refractivity contribution < 1.29 is 73.2 Å². The van der Waals surface area contributed by atoms with Crippen molar-refractivity contribution in [1.82, 2.24) is 4.90 Å². The molecule has 1 aromatic carbocycles. The Morgan fingerprint density at radius 3 is 2.49 bits per heavy atom. The molecule has 47 heavy (non-hydrogen) atoms. The number of esters is 3. The molecule has 252 valence electrons. The van der Waals surface area contributed by atoms with Crippen LogP contribution < -0.4 is 9.47 Å². The summed E-state index contributed by atoms with van der Waals surface area (Å²) in [5.74, 6) is -7.45. The smallest absolute Gasteiger partial charge is 0.349 e. The molecule has 0 amide bonds. The molecule has 2 bridgehead atoms. The minimum atomic E-state index is -2.68. The predicted molar refractivity (Wildman–Crippen MR) is 153 cm³/mol. The lowest BCUT2D eigenvalue weighted by Crippen LogP contribution is -2.74. The number of carbonyl (C=O) groups excluding carboxylic acids is 3. The van der Waals surface area contributed by atoms with E-state index in [1.54, 1.807) is 6.07 Å². The summed E-state index contributed by atoms with van der Waals surface area (Å²) in [5.41, 5.74) is 1.46. The topological polar surface area (TPSA) is 236 Å². The van der Waals surface area contributed by atoms with Gasteiger partial charge in [-0.05, 0) is 44.1 Å². The average Bonchev–Trinajstić information content (AvgIpc) is 3.38. The number of carboxylic acids is 2. The summed E-state index contributed by atoms with van der Waals surface area (Å²) in [5, 5.41) is 50.0. The van der Waals surface area contributed by atoms with Gasteiger partial charge in [0.15, 0.2) is 29.8 Å². The van der Waals surface area contributed by atoms with Crippen LogP contribution in [0.2, 0.25) is 0 Å². The molecule has 1 aromatic rings. The Hall–Kier alpha value is -4.73. The highest BCUT2D eigenvalue weighted by atomic mass is 16.6. The Balaban J connectivity index is 1.43. The Bertz CT molecular complexity index is 1590. The van der Waals surface area contributed by atoms with Gasteiger partial charge in [-0.1, -0.05) is 12.6 Å². The Morgan fingerprint density at radius 1 is 1.13 bits per heavy atom. The fraction of sp³-hybridized carbons (Fsp3) is 0.484. The molecule has 1 spiro atoms. The Kier molecular flexibility index (Phi) is 8.92. The summed E-state index contributed by atoms with van der Waals surface area (Å²) >= 11 is 0. The number of aliphatic hydroxyl groups is 3. The zero-order valence-corrected chi connectivity index (χ0v) is 25.3. The highest BCUT2D eigenvalue weighted by Gasteiger charge is 2.72. The molecule has 16 heteroatoms. The normalized spacial score (nSPS) is 27.6. The number of aliphatic hydroxyl groups excluding tert-OH is 2. The molecule has 1 unspecified atom stereocenters. The second kappa shape index (κ2) is 12.5. The number of hydrogen-bond acceptors (Lipinski definition) is 14. The van der Waals surface area contributed by atoms with Crippen LogP contribution in [0.4, 0.5) is 0 Å². The van der Waals surface area contributed by atoms with Gasteiger partial charge in [-0.2, -0.15) is 0 Å². The minimum absolute atomic E-state index is 0.00753. The minimum Gasteiger partial charge on any atom is -0.493 e. The first-order valence-electron chi connectivity index (χ1n) is 14.5. The predicted octanol–water partition coefficient (Wildman–Crippen LogP) is -1.04. The van der Waals surface area contributed by atoms with Gasteiger partial charge in [-0.3, -0.25) is 4.79 Å². The van der Waals surface area contributed by atoms with Gasteiger partial charge in [-0.25, -0.2) is 19.2 Å². The summed E-state index contributed by atoms with van der Waals surface area (Å²) in [7, 11) is 3.39. The van der Waals surface area contributed by atoms with E-state index in [2.05, 4.69) is 17.2 Å². The summed E-state index contributed by atoms with van der Waals surface area (Å²) in [6, 6.07) is 3.37. The number of likely N-dealkylation sites (N-methyl/N-ethyl adjacent to an activating group) is 1. The van der Waals surface area contributed by atoms with Crippen molar-refractivity contribution in [2.75, 3.05) is 20.7 Å². The number of nitrogens with zero attached hydrogens (tertiary/aromatic N) is 1. The largest absolute Gasteiger partial charge is 0.493 e. The molecular weight excluding hydrogens is 626 g/mol. The number of piperidine rings is 1. The molecule has 8 atom stereocenters. The van der Waals surface area contributed by atoms with Crippen LogP contribution in [0.1, 0.15) is 30.4 Å². The maximum atomic E-state index is 13.3. The molecule has 5 N–H and O–H groups in total. The van der Waals surface area contributed by atoms with E-state index >= 15 is 0 Å². The Morgan fingerprint density at radius 2 is 1.85 bits per heavy atom. The molecule has 2 aliphatic heterocycles. The zero-order valence-electron chi connectivity index (χ0n) is 25.3. The van der Waals surface area contributed by atoms with Crippen molar-refractivity contribution in [3.8, 4) is 11.5 Å². The molecule has 16 nitrogen and oxygen atoms in total. The van der Waals surface area contributed by atoms with Gasteiger partial charge in [-0.15, -0.1) is 5.73 Å². The quantitative estimate of drug-likeness (QED) is 0.102. The van der Waals surface area contributed by atoms with Gasteiger partial charge in [0.2, 0.25) is 12.2 Å². The fourth-order valence-corrected chi connectivity index (χ4v) is 7.02. The molecule has 4 aliphatic rings. The molecule has 1 saturated heterocycles. The van der Waals surface area contributed by atoms with E-state index in [-0.39, 0.29) is 18.2 Å². The van der Waals surface area contributed by atoms with Crippen LogP contribution in [0.3, 0.4) is 0 Å². The van der Waals surface area contributed by atoms with Gasteiger partial charge >= 0.3 is 29.8 Å². The molecule has 0 radical (unpaired) electrons. The van der Waals surface area contributed by atoms with E-state index in [1.807, 2.05) is 13.1 Å². The van der Waals surface area contributed by atoms with Crippen LogP contribution in [0, 0.1) is 0 Å². The van der Waals surface area contributed by atoms with E-state index in [0.717, 1.165) is 17.2 Å². The number of carbonyl (C=O) groups is 5. The van der Waals surface area contributed by atoms with E-state index in [1.165, 1.54) is 13.2 Å². The van der Waals surface area contributed by atoms with Gasteiger partial charge in [0.25, 0.3) is 0 Å². The van der Waals surface area contributed by atoms with Crippen molar-refractivity contribution in [1.29, 1.82) is 0 Å². The summed E-state index contributed by atoms with van der Waals surface area (Å²) in [4.78, 5) is 63.3. The number of aliphatic carboxylic acids is 2. The number of methoxy groups -OCH3 is 1. The number of benzene rings is 1. The third-order valence-electron chi connectivity index (χ3n) is 9.21. The lowest BCUT2D eigenvalue weighted by atomic mass is 9.50. The van der Waals surface area contributed by atoms with E-state index in [0.29, 0.717) is 30.9 Å². The number of likely N-dealkylation sites (tertiary alicyclic amines) is 1. The molecule has 0 aromatic heterocycles. The highest BCUT2D eigenvalue weighted by Crippen LogP contribution is 2.65. The number of hydrogen-bond donors (Lipinski definition) is 5. The van der Waals surface area contributed by atoms with Crippen molar-refractivity contribution in [3.05, 3.63) is 53.5 Å². The zero-order chi connectivity index (χ0) is 34.4. The standard InChI is InChI=1S/C31H33NO15/c1-4-5-17(26(36)37)45-28(40)18(46-29(41)23(35)22(34)27(38)39)13-20(33)44-16-8-9-31(42)19-12-14-6-7-15(43-3)24-21(14)30(31,25(16)47-24)10-11-32(19)2/h5-8,17-19,22-23,25,34-35,42H,1,9-13H2,2-3H3,(H,36,37)(H,38,39)/t17?,18-,19+,22+,23+,25-,30-,31+/m0/s1. The van der Waals surface area contributed by atoms with Gasteiger partial charge < -0.3 is 54.1 Å². The maximum absolute atomic E-state index is 13.3. The monoisotopic (exact) mass is 659 g/mol. The van der Waals surface area contributed by atoms with E-state index < -0.39 is 77.8 Å². The first-order chi connectivity index (χ1) is 22.2. The molecule has 1 fully saturated rings. The maximum Gasteiger partial charge on any atom is 0.349 e. The highest BCUT2D eigenvalue weighted by molar-refractivity contribution is 5.89. The second-order valence-electron chi connectivity index (χ2n) is 11.7. The van der Waals surface area contributed by atoms with Gasteiger partial charge in [0.1, 0.15) is 5.76 Å². The third kappa shape index (κ3) is 5.43. The van der Waals surface area contributed by atoms with E-state index in [9.17, 15) is 44.4 Å². The summed E-state index contributed by atoms with van der Waals surface area (Å²) < 4.78 is 27.2. The first-order valence-corrected chi connectivity index (χ1v) is 14.5. The number of rotatable bonds is 12.